The van der Waals surface area contributed by atoms with Crippen LogP contribution in [0.25, 0.3) is 0 Å². The second-order valence-corrected chi connectivity index (χ2v) is 5.52. The molecule has 2 N–H and O–H groups in total. The SMILES string of the molecule is Cc1cccc(C)c1Nc1cc(NCc2ccccc2)ncn1. The van der Waals surface area contributed by atoms with Gasteiger partial charge >= 0.3 is 0 Å². The molecule has 0 aliphatic rings. The molecule has 23 heavy (non-hydrogen) atoms. The van der Waals surface area contributed by atoms with Gasteiger partial charge in [0.25, 0.3) is 0 Å². The normalized spacial score (nSPS) is 10.3. The number of nitrogens with one attached hydrogen (secondary N) is 2. The lowest BCUT2D eigenvalue weighted by Crippen LogP contribution is -2.04. The van der Waals surface area contributed by atoms with Crippen molar-refractivity contribution in [3.8, 4) is 0 Å². The van der Waals surface area contributed by atoms with Gasteiger partial charge in [-0.1, -0.05) is 48.5 Å². The second kappa shape index (κ2) is 6.92. The summed E-state index contributed by atoms with van der Waals surface area (Å²) in [6, 6.07) is 18.4. The van der Waals surface area contributed by atoms with E-state index in [1.54, 1.807) is 6.33 Å². The number of aromatic nitrogens is 2. The maximum absolute atomic E-state index is 4.31. The molecule has 3 rings (SSSR count). The first-order valence-electron chi connectivity index (χ1n) is 7.65. The predicted octanol–water partition coefficient (Wildman–Crippen LogP) is 4.45. The highest BCUT2D eigenvalue weighted by atomic mass is 15.1. The molecule has 0 saturated heterocycles. The summed E-state index contributed by atoms with van der Waals surface area (Å²) in [5.74, 6) is 1.59. The Labute approximate surface area is 136 Å². The van der Waals surface area contributed by atoms with Crippen molar-refractivity contribution in [3.05, 3.63) is 77.6 Å². The number of anilines is 3. The fraction of sp³-hybridized carbons (Fsp3) is 0.158. The minimum atomic E-state index is 0.737. The topological polar surface area (TPSA) is 49.8 Å². The largest absolute Gasteiger partial charge is 0.366 e. The number of hydrogen-bond acceptors (Lipinski definition) is 4. The van der Waals surface area contributed by atoms with Gasteiger partial charge in [-0.15, -0.1) is 0 Å². The molecule has 4 nitrogen and oxygen atoms in total. The first-order valence-corrected chi connectivity index (χ1v) is 7.65. The van der Waals surface area contributed by atoms with E-state index in [-0.39, 0.29) is 0 Å². The molecule has 1 heterocycles. The molecule has 0 atom stereocenters. The van der Waals surface area contributed by atoms with E-state index >= 15 is 0 Å². The van der Waals surface area contributed by atoms with Crippen LogP contribution in [-0.4, -0.2) is 9.97 Å². The average Bonchev–Trinajstić information content (AvgIpc) is 2.58. The third-order valence-corrected chi connectivity index (χ3v) is 3.72. The fourth-order valence-corrected chi connectivity index (χ4v) is 2.45. The number of para-hydroxylation sites is 1. The zero-order valence-corrected chi connectivity index (χ0v) is 13.4. The highest BCUT2D eigenvalue weighted by molar-refractivity contribution is 5.65. The lowest BCUT2D eigenvalue weighted by atomic mass is 10.1. The van der Waals surface area contributed by atoms with Gasteiger partial charge in [-0.3, -0.25) is 0 Å². The van der Waals surface area contributed by atoms with E-state index in [9.17, 15) is 0 Å². The molecule has 0 radical (unpaired) electrons. The molecular weight excluding hydrogens is 284 g/mol. The van der Waals surface area contributed by atoms with Crippen molar-refractivity contribution in [2.24, 2.45) is 0 Å². The first kappa shape index (κ1) is 15.0. The summed E-state index contributed by atoms with van der Waals surface area (Å²) in [6.07, 6.45) is 1.57. The number of hydrogen-bond donors (Lipinski definition) is 2. The lowest BCUT2D eigenvalue weighted by molar-refractivity contribution is 1.08. The van der Waals surface area contributed by atoms with Crippen molar-refractivity contribution < 1.29 is 0 Å². The van der Waals surface area contributed by atoms with E-state index in [4.69, 9.17) is 0 Å². The molecule has 0 fully saturated rings. The van der Waals surface area contributed by atoms with Crippen LogP contribution in [0.5, 0.6) is 0 Å². The number of nitrogens with zero attached hydrogens (tertiary/aromatic N) is 2. The Morgan fingerprint density at radius 2 is 1.52 bits per heavy atom. The van der Waals surface area contributed by atoms with Crippen LogP contribution in [0, 0.1) is 13.8 Å². The van der Waals surface area contributed by atoms with Crippen molar-refractivity contribution in [2.75, 3.05) is 10.6 Å². The van der Waals surface area contributed by atoms with Crippen LogP contribution in [0.1, 0.15) is 16.7 Å². The summed E-state index contributed by atoms with van der Waals surface area (Å²) in [6.45, 7) is 4.91. The summed E-state index contributed by atoms with van der Waals surface area (Å²) in [7, 11) is 0. The molecule has 0 aliphatic carbocycles. The molecule has 0 spiro atoms. The minimum absolute atomic E-state index is 0.737. The van der Waals surface area contributed by atoms with Crippen LogP contribution in [-0.2, 0) is 6.54 Å². The van der Waals surface area contributed by atoms with Crippen molar-refractivity contribution >= 4 is 17.3 Å². The monoisotopic (exact) mass is 304 g/mol. The molecule has 0 amide bonds. The number of rotatable bonds is 5. The summed E-state index contributed by atoms with van der Waals surface area (Å²) in [5, 5.41) is 6.71. The van der Waals surface area contributed by atoms with Crippen LogP contribution in [0.4, 0.5) is 17.3 Å². The van der Waals surface area contributed by atoms with Gasteiger partial charge in [-0.25, -0.2) is 9.97 Å². The van der Waals surface area contributed by atoms with Gasteiger partial charge in [0, 0.05) is 18.3 Å². The highest BCUT2D eigenvalue weighted by Crippen LogP contribution is 2.23. The second-order valence-electron chi connectivity index (χ2n) is 5.52. The molecule has 1 aromatic heterocycles. The van der Waals surface area contributed by atoms with Gasteiger partial charge in [0.05, 0.1) is 0 Å². The zero-order chi connectivity index (χ0) is 16.1. The van der Waals surface area contributed by atoms with E-state index in [1.165, 1.54) is 16.7 Å². The zero-order valence-electron chi connectivity index (χ0n) is 13.4. The Kier molecular flexibility index (Phi) is 4.52. The van der Waals surface area contributed by atoms with Crippen molar-refractivity contribution in [2.45, 2.75) is 20.4 Å². The van der Waals surface area contributed by atoms with Crippen LogP contribution >= 0.6 is 0 Å². The fourth-order valence-electron chi connectivity index (χ4n) is 2.45. The molecule has 2 aromatic carbocycles. The smallest absolute Gasteiger partial charge is 0.135 e. The third-order valence-electron chi connectivity index (χ3n) is 3.72. The Morgan fingerprint density at radius 1 is 0.826 bits per heavy atom. The summed E-state index contributed by atoms with van der Waals surface area (Å²) in [5.41, 5.74) is 4.71. The minimum Gasteiger partial charge on any atom is -0.366 e. The molecule has 0 unspecified atom stereocenters. The average molecular weight is 304 g/mol. The Bertz CT molecular complexity index is 764. The highest BCUT2D eigenvalue weighted by Gasteiger charge is 2.04. The molecular formula is C19H20N4. The van der Waals surface area contributed by atoms with E-state index in [1.807, 2.05) is 24.3 Å². The summed E-state index contributed by atoms with van der Waals surface area (Å²) < 4.78 is 0. The van der Waals surface area contributed by atoms with Gasteiger partial charge < -0.3 is 10.6 Å². The maximum Gasteiger partial charge on any atom is 0.135 e. The quantitative estimate of drug-likeness (QED) is 0.731. The molecule has 4 heteroatoms. The van der Waals surface area contributed by atoms with Gasteiger partial charge in [0.2, 0.25) is 0 Å². The van der Waals surface area contributed by atoms with E-state index in [0.29, 0.717) is 0 Å². The third kappa shape index (κ3) is 3.86. The van der Waals surface area contributed by atoms with Crippen molar-refractivity contribution in [1.29, 1.82) is 0 Å². The summed E-state index contributed by atoms with van der Waals surface area (Å²) >= 11 is 0. The predicted molar refractivity (Wildman–Crippen MR) is 95.0 cm³/mol. The Hall–Kier alpha value is -2.88. The van der Waals surface area contributed by atoms with E-state index in [2.05, 4.69) is 64.8 Å². The van der Waals surface area contributed by atoms with Gasteiger partial charge in [0.15, 0.2) is 0 Å². The number of aryl methyl sites for hydroxylation is 2. The van der Waals surface area contributed by atoms with E-state index in [0.717, 1.165) is 23.9 Å². The van der Waals surface area contributed by atoms with Crippen LogP contribution < -0.4 is 10.6 Å². The molecule has 0 aliphatic heterocycles. The van der Waals surface area contributed by atoms with Crippen molar-refractivity contribution in [3.63, 3.8) is 0 Å². The van der Waals surface area contributed by atoms with Gasteiger partial charge in [-0.05, 0) is 30.5 Å². The van der Waals surface area contributed by atoms with Gasteiger partial charge in [0.1, 0.15) is 18.0 Å². The van der Waals surface area contributed by atoms with Crippen LogP contribution in [0.3, 0.4) is 0 Å². The number of benzene rings is 2. The first-order chi connectivity index (χ1) is 11.2. The molecule has 116 valence electrons. The Morgan fingerprint density at radius 3 is 2.26 bits per heavy atom. The van der Waals surface area contributed by atoms with Crippen LogP contribution in [0.15, 0.2) is 60.9 Å². The maximum atomic E-state index is 4.31. The molecule has 0 bridgehead atoms. The van der Waals surface area contributed by atoms with Gasteiger partial charge in [-0.2, -0.15) is 0 Å². The summed E-state index contributed by atoms with van der Waals surface area (Å²) in [4.78, 5) is 8.59. The standard InChI is InChI=1S/C19H20N4/c1-14-7-6-8-15(2)19(14)23-18-11-17(21-13-22-18)20-12-16-9-4-3-5-10-16/h3-11,13H,12H2,1-2H3,(H2,20,21,22,23). The molecule has 3 aromatic rings. The van der Waals surface area contributed by atoms with Crippen LogP contribution in [0.2, 0.25) is 0 Å². The van der Waals surface area contributed by atoms with E-state index < -0.39 is 0 Å². The molecule has 0 saturated carbocycles. The lowest BCUT2D eigenvalue weighted by Gasteiger charge is -2.13. The van der Waals surface area contributed by atoms with Crippen molar-refractivity contribution in [1.82, 2.24) is 9.97 Å². The Balaban J connectivity index is 1.72.